The van der Waals surface area contributed by atoms with Crippen molar-refractivity contribution in [3.05, 3.63) is 72.6 Å². The smallest absolute Gasteiger partial charge is 0.0946 e. The molecule has 3 aromatic rings. The molecule has 5 heteroatoms. The first-order valence-corrected chi connectivity index (χ1v) is 7.12. The normalized spacial score (nSPS) is 10.9. The molecule has 0 atom stereocenters. The van der Waals surface area contributed by atoms with Crippen LogP contribution in [0.3, 0.4) is 0 Å². The summed E-state index contributed by atoms with van der Waals surface area (Å²) in [6.07, 6.45) is 9.62. The summed E-state index contributed by atoms with van der Waals surface area (Å²) in [6.45, 7) is 3.50. The van der Waals surface area contributed by atoms with E-state index in [1.807, 2.05) is 29.5 Å². The molecular weight excluding hydrogens is 262 g/mol. The van der Waals surface area contributed by atoms with E-state index in [0.29, 0.717) is 0 Å². The van der Waals surface area contributed by atoms with Crippen molar-refractivity contribution >= 4 is 0 Å². The van der Waals surface area contributed by atoms with Gasteiger partial charge in [-0.2, -0.15) is 5.10 Å². The van der Waals surface area contributed by atoms with Gasteiger partial charge in [-0.15, -0.1) is 0 Å². The number of benzene rings is 1. The summed E-state index contributed by atoms with van der Waals surface area (Å²) < 4.78 is 4.04. The molecule has 0 aliphatic rings. The van der Waals surface area contributed by atoms with Gasteiger partial charge in [-0.3, -0.25) is 4.68 Å². The molecule has 0 unspecified atom stereocenters. The average Bonchev–Trinajstić information content (AvgIpc) is 3.17. The van der Waals surface area contributed by atoms with Crippen LogP contribution in [-0.4, -0.2) is 25.9 Å². The molecule has 5 nitrogen and oxygen atoms in total. The molecule has 0 aliphatic heterocycles. The number of hydrogen-bond donors (Lipinski definition) is 1. The highest BCUT2D eigenvalue weighted by Gasteiger charge is 1.99. The first-order chi connectivity index (χ1) is 10.4. The molecule has 0 aliphatic carbocycles. The van der Waals surface area contributed by atoms with E-state index in [-0.39, 0.29) is 0 Å². The number of nitrogens with one attached hydrogen (secondary N) is 1. The van der Waals surface area contributed by atoms with Crippen LogP contribution in [-0.2, 0) is 19.6 Å². The Morgan fingerprint density at radius 2 is 2.00 bits per heavy atom. The van der Waals surface area contributed by atoms with Gasteiger partial charge in [0.05, 0.1) is 19.1 Å². The summed E-state index contributed by atoms with van der Waals surface area (Å²) in [7, 11) is 0. The zero-order valence-corrected chi connectivity index (χ0v) is 11.9. The van der Waals surface area contributed by atoms with Gasteiger partial charge in [0.15, 0.2) is 0 Å². The highest BCUT2D eigenvalue weighted by Crippen LogP contribution is 2.03. The van der Waals surface area contributed by atoms with Crippen LogP contribution >= 0.6 is 0 Å². The molecule has 0 radical (unpaired) electrons. The van der Waals surface area contributed by atoms with E-state index in [9.17, 15) is 0 Å². The molecule has 3 rings (SSSR count). The standard InChI is InChI=1S/C16H19N5/c1-2-4-15(5-3-1)12-21-13-16(11-19-21)10-17-6-8-20-9-7-18-14-20/h1-5,7,9,11,13-14,17H,6,8,10,12H2. The van der Waals surface area contributed by atoms with Crippen molar-refractivity contribution in [3.63, 3.8) is 0 Å². The second-order valence-electron chi connectivity index (χ2n) is 5.01. The van der Waals surface area contributed by atoms with E-state index in [1.165, 1.54) is 11.1 Å². The van der Waals surface area contributed by atoms with Gasteiger partial charge in [0.1, 0.15) is 0 Å². The number of nitrogens with zero attached hydrogens (tertiary/aromatic N) is 4. The molecule has 0 saturated carbocycles. The Bertz CT molecular complexity index is 642. The van der Waals surface area contributed by atoms with Gasteiger partial charge in [0, 0.05) is 43.8 Å². The summed E-state index contributed by atoms with van der Waals surface area (Å²) in [5.41, 5.74) is 2.47. The van der Waals surface area contributed by atoms with E-state index in [4.69, 9.17) is 0 Å². The lowest BCUT2D eigenvalue weighted by molar-refractivity contribution is 0.597. The van der Waals surface area contributed by atoms with Crippen molar-refractivity contribution in [2.24, 2.45) is 0 Å². The SMILES string of the molecule is c1ccc(Cn2cc(CNCCn3ccnc3)cn2)cc1. The Morgan fingerprint density at radius 1 is 1.10 bits per heavy atom. The second-order valence-corrected chi connectivity index (χ2v) is 5.01. The minimum atomic E-state index is 0.815. The third-order valence-electron chi connectivity index (χ3n) is 3.31. The Kier molecular flexibility index (Phi) is 4.43. The summed E-state index contributed by atoms with van der Waals surface area (Å²) in [5.74, 6) is 0. The largest absolute Gasteiger partial charge is 0.336 e. The molecule has 0 spiro atoms. The van der Waals surface area contributed by atoms with Crippen molar-refractivity contribution < 1.29 is 0 Å². The van der Waals surface area contributed by atoms with Gasteiger partial charge in [-0.25, -0.2) is 4.98 Å². The minimum absolute atomic E-state index is 0.815. The minimum Gasteiger partial charge on any atom is -0.336 e. The van der Waals surface area contributed by atoms with Gasteiger partial charge in [-0.1, -0.05) is 30.3 Å². The van der Waals surface area contributed by atoms with Crippen LogP contribution in [0.25, 0.3) is 0 Å². The Morgan fingerprint density at radius 3 is 2.81 bits per heavy atom. The molecule has 108 valence electrons. The van der Waals surface area contributed by atoms with E-state index in [0.717, 1.165) is 26.2 Å². The lowest BCUT2D eigenvalue weighted by atomic mass is 10.2. The molecule has 0 amide bonds. The van der Waals surface area contributed by atoms with Gasteiger partial charge in [0.25, 0.3) is 0 Å². The summed E-state index contributed by atoms with van der Waals surface area (Å²) >= 11 is 0. The Labute approximate surface area is 124 Å². The molecule has 1 aromatic carbocycles. The highest BCUT2D eigenvalue weighted by atomic mass is 15.3. The molecular formula is C16H19N5. The zero-order valence-electron chi connectivity index (χ0n) is 11.9. The summed E-state index contributed by atoms with van der Waals surface area (Å²) in [4.78, 5) is 4.02. The molecule has 2 heterocycles. The van der Waals surface area contributed by atoms with Gasteiger partial charge in [-0.05, 0) is 5.56 Å². The van der Waals surface area contributed by atoms with Crippen LogP contribution in [0.1, 0.15) is 11.1 Å². The predicted octanol–water partition coefficient (Wildman–Crippen LogP) is 1.92. The second kappa shape index (κ2) is 6.85. The number of hydrogen-bond acceptors (Lipinski definition) is 3. The maximum absolute atomic E-state index is 4.40. The lowest BCUT2D eigenvalue weighted by Crippen LogP contribution is -2.18. The number of aromatic nitrogens is 4. The molecule has 2 aromatic heterocycles. The van der Waals surface area contributed by atoms with E-state index < -0.39 is 0 Å². The van der Waals surface area contributed by atoms with Crippen molar-refractivity contribution in [3.8, 4) is 0 Å². The van der Waals surface area contributed by atoms with Crippen LogP contribution in [0, 0.1) is 0 Å². The van der Waals surface area contributed by atoms with Crippen LogP contribution in [0.4, 0.5) is 0 Å². The fraction of sp³-hybridized carbons (Fsp3) is 0.250. The topological polar surface area (TPSA) is 47.7 Å². The molecule has 21 heavy (non-hydrogen) atoms. The van der Waals surface area contributed by atoms with Gasteiger partial charge < -0.3 is 9.88 Å². The maximum Gasteiger partial charge on any atom is 0.0946 e. The van der Waals surface area contributed by atoms with Crippen molar-refractivity contribution in [2.75, 3.05) is 6.54 Å². The summed E-state index contributed by atoms with van der Waals surface area (Å²) in [6, 6.07) is 10.4. The Balaban J connectivity index is 1.44. The first kappa shape index (κ1) is 13.6. The third-order valence-corrected chi connectivity index (χ3v) is 3.31. The highest BCUT2D eigenvalue weighted by molar-refractivity contribution is 5.15. The number of rotatable bonds is 7. The quantitative estimate of drug-likeness (QED) is 0.673. The van der Waals surface area contributed by atoms with Crippen molar-refractivity contribution in [2.45, 2.75) is 19.6 Å². The monoisotopic (exact) mass is 281 g/mol. The van der Waals surface area contributed by atoms with Gasteiger partial charge in [0.2, 0.25) is 0 Å². The zero-order chi connectivity index (χ0) is 14.3. The third kappa shape index (κ3) is 4.03. The fourth-order valence-corrected chi connectivity index (χ4v) is 2.21. The van der Waals surface area contributed by atoms with Crippen LogP contribution < -0.4 is 5.32 Å². The Hall–Kier alpha value is -2.40. The molecule has 0 bridgehead atoms. The predicted molar refractivity (Wildman–Crippen MR) is 81.7 cm³/mol. The fourth-order valence-electron chi connectivity index (χ4n) is 2.21. The molecule has 0 saturated heterocycles. The van der Waals surface area contributed by atoms with Gasteiger partial charge >= 0.3 is 0 Å². The van der Waals surface area contributed by atoms with Crippen molar-refractivity contribution in [1.82, 2.24) is 24.6 Å². The molecule has 0 fully saturated rings. The molecule has 1 N–H and O–H groups in total. The summed E-state index contributed by atoms with van der Waals surface area (Å²) in [5, 5.41) is 7.82. The first-order valence-electron chi connectivity index (χ1n) is 7.12. The van der Waals surface area contributed by atoms with E-state index in [1.54, 1.807) is 6.20 Å². The van der Waals surface area contributed by atoms with Crippen LogP contribution in [0.5, 0.6) is 0 Å². The number of imidazole rings is 1. The van der Waals surface area contributed by atoms with E-state index >= 15 is 0 Å². The van der Waals surface area contributed by atoms with Crippen LogP contribution in [0.2, 0.25) is 0 Å². The van der Waals surface area contributed by atoms with Crippen molar-refractivity contribution in [1.29, 1.82) is 0 Å². The van der Waals surface area contributed by atoms with Crippen LogP contribution in [0.15, 0.2) is 61.4 Å². The average molecular weight is 281 g/mol. The maximum atomic E-state index is 4.40. The lowest BCUT2D eigenvalue weighted by Gasteiger charge is -2.04. The van der Waals surface area contributed by atoms with E-state index in [2.05, 4.69) is 50.4 Å².